The third-order valence-electron chi connectivity index (χ3n) is 6.69. The van der Waals surface area contributed by atoms with E-state index in [0.717, 1.165) is 44.1 Å². The molecule has 1 aromatic rings. The van der Waals surface area contributed by atoms with E-state index in [4.69, 9.17) is 18.9 Å². The molecule has 0 aromatic heterocycles. The zero-order chi connectivity index (χ0) is 25.2. The van der Waals surface area contributed by atoms with E-state index in [-0.39, 0.29) is 24.6 Å². The van der Waals surface area contributed by atoms with Gasteiger partial charge >= 0.3 is 11.9 Å². The molecule has 0 saturated heterocycles. The second-order valence-electron chi connectivity index (χ2n) is 9.49. The Morgan fingerprint density at radius 1 is 1.09 bits per heavy atom. The van der Waals surface area contributed by atoms with Crippen molar-refractivity contribution in [3.63, 3.8) is 0 Å². The molecule has 0 aliphatic heterocycles. The number of hydrogen-bond donors (Lipinski definition) is 1. The first kappa shape index (κ1) is 26.8. The van der Waals surface area contributed by atoms with Crippen LogP contribution in [0.1, 0.15) is 70.3 Å². The van der Waals surface area contributed by atoms with Gasteiger partial charge in [0.1, 0.15) is 12.2 Å². The van der Waals surface area contributed by atoms with E-state index in [1.807, 2.05) is 6.07 Å². The fourth-order valence-corrected chi connectivity index (χ4v) is 4.72. The monoisotopic (exact) mass is 486 g/mol. The lowest BCUT2D eigenvalue weighted by Crippen LogP contribution is -2.42. The zero-order valence-corrected chi connectivity index (χ0v) is 20.9. The van der Waals surface area contributed by atoms with Crippen LogP contribution in [0.5, 0.6) is 11.5 Å². The Balaban J connectivity index is 1.61. The first-order valence-electron chi connectivity index (χ1n) is 12.6. The fourth-order valence-electron chi connectivity index (χ4n) is 4.72. The topological polar surface area (TPSA) is 91.3 Å². The normalized spacial score (nSPS) is 23.0. The summed E-state index contributed by atoms with van der Waals surface area (Å²) in [5.74, 6) is 0.321. The van der Waals surface area contributed by atoms with Crippen molar-refractivity contribution in [2.24, 2.45) is 5.92 Å². The van der Waals surface area contributed by atoms with Crippen LogP contribution in [-0.2, 0) is 19.1 Å². The van der Waals surface area contributed by atoms with Crippen LogP contribution in [0, 0.1) is 5.92 Å². The summed E-state index contributed by atoms with van der Waals surface area (Å²) in [6.07, 6.45) is 10.4. The molecule has 1 aromatic carbocycles. The summed E-state index contributed by atoms with van der Waals surface area (Å²) >= 11 is 0. The average molecular weight is 487 g/mol. The standard InChI is InChI=1S/C28H38O7/c1-19(2)28(31)33-17-16-21-8-7-11-23(29)27(21)35-24-14-12-20(18-25(24)32-3)13-15-26(30)34-22-9-5-4-6-10-22/h12-15,18,21-23,27,29H,1,4-11,16-17H2,2-3H3/b15-13+. The Morgan fingerprint density at radius 3 is 2.57 bits per heavy atom. The number of carbonyl (C=O) groups excluding carboxylic acids is 2. The van der Waals surface area contributed by atoms with E-state index in [1.54, 1.807) is 32.2 Å². The molecule has 0 radical (unpaired) electrons. The molecular weight excluding hydrogens is 448 g/mol. The van der Waals surface area contributed by atoms with E-state index in [9.17, 15) is 14.7 Å². The molecule has 3 rings (SSSR count). The number of ether oxygens (including phenoxy) is 4. The summed E-state index contributed by atoms with van der Waals surface area (Å²) < 4.78 is 22.5. The smallest absolute Gasteiger partial charge is 0.333 e. The molecule has 3 atom stereocenters. The van der Waals surface area contributed by atoms with Crippen molar-refractivity contribution >= 4 is 18.0 Å². The first-order chi connectivity index (χ1) is 16.9. The molecule has 2 aliphatic rings. The molecule has 192 valence electrons. The lowest BCUT2D eigenvalue weighted by molar-refractivity contribution is -0.144. The van der Waals surface area contributed by atoms with Crippen molar-refractivity contribution in [1.29, 1.82) is 0 Å². The number of rotatable bonds is 10. The Kier molecular flexibility index (Phi) is 10.2. The minimum absolute atomic E-state index is 0.0189. The lowest BCUT2D eigenvalue weighted by atomic mass is 9.82. The van der Waals surface area contributed by atoms with Gasteiger partial charge in [0, 0.05) is 17.6 Å². The van der Waals surface area contributed by atoms with Crippen molar-refractivity contribution in [2.75, 3.05) is 13.7 Å². The van der Waals surface area contributed by atoms with Gasteiger partial charge < -0.3 is 24.1 Å². The number of aliphatic hydroxyl groups excluding tert-OH is 1. The molecule has 7 nitrogen and oxygen atoms in total. The van der Waals surface area contributed by atoms with Gasteiger partial charge in [-0.05, 0) is 75.6 Å². The molecule has 2 saturated carbocycles. The summed E-state index contributed by atoms with van der Waals surface area (Å²) in [6.45, 7) is 5.46. The maximum absolute atomic E-state index is 12.2. The second-order valence-corrected chi connectivity index (χ2v) is 9.49. The molecular formula is C28H38O7. The highest BCUT2D eigenvalue weighted by molar-refractivity contribution is 5.87. The molecule has 1 N–H and O–H groups in total. The molecule has 2 fully saturated rings. The van der Waals surface area contributed by atoms with Crippen molar-refractivity contribution in [3.8, 4) is 11.5 Å². The van der Waals surface area contributed by atoms with Gasteiger partial charge in [-0.2, -0.15) is 0 Å². The molecule has 35 heavy (non-hydrogen) atoms. The van der Waals surface area contributed by atoms with Crippen LogP contribution in [0.2, 0.25) is 0 Å². The van der Waals surface area contributed by atoms with Crippen LogP contribution >= 0.6 is 0 Å². The Hall–Kier alpha value is -2.80. The van der Waals surface area contributed by atoms with Gasteiger partial charge in [-0.3, -0.25) is 0 Å². The van der Waals surface area contributed by atoms with E-state index >= 15 is 0 Å². The van der Waals surface area contributed by atoms with Gasteiger partial charge in [0.2, 0.25) is 0 Å². The van der Waals surface area contributed by atoms with Crippen LogP contribution in [0.15, 0.2) is 36.4 Å². The molecule has 0 bridgehead atoms. The number of esters is 2. The highest BCUT2D eigenvalue weighted by Crippen LogP contribution is 2.35. The van der Waals surface area contributed by atoms with Crippen LogP contribution < -0.4 is 9.47 Å². The fraction of sp³-hybridized carbons (Fsp3) is 0.571. The predicted octanol–water partition coefficient (Wildman–Crippen LogP) is 5.00. The number of aliphatic hydroxyl groups is 1. The van der Waals surface area contributed by atoms with Crippen LogP contribution in [0.25, 0.3) is 6.08 Å². The molecule has 2 aliphatic carbocycles. The third kappa shape index (κ3) is 8.13. The summed E-state index contributed by atoms with van der Waals surface area (Å²) in [6, 6.07) is 5.41. The molecule has 0 heterocycles. The van der Waals surface area contributed by atoms with Gasteiger partial charge in [-0.1, -0.05) is 25.5 Å². The van der Waals surface area contributed by atoms with Crippen molar-refractivity contribution in [3.05, 3.63) is 42.0 Å². The van der Waals surface area contributed by atoms with Gasteiger partial charge in [0.15, 0.2) is 11.5 Å². The SMILES string of the molecule is C=C(C)C(=O)OCCC1CCCC(O)C1Oc1ccc(/C=C/C(=O)OC2CCCCC2)cc1OC. The van der Waals surface area contributed by atoms with E-state index < -0.39 is 18.2 Å². The summed E-state index contributed by atoms with van der Waals surface area (Å²) in [7, 11) is 1.55. The third-order valence-corrected chi connectivity index (χ3v) is 6.69. The van der Waals surface area contributed by atoms with Crippen molar-refractivity contribution in [2.45, 2.75) is 83.0 Å². The highest BCUT2D eigenvalue weighted by atomic mass is 16.5. The maximum Gasteiger partial charge on any atom is 0.333 e. The maximum atomic E-state index is 12.2. The predicted molar refractivity (Wildman–Crippen MR) is 133 cm³/mol. The molecule has 3 unspecified atom stereocenters. The van der Waals surface area contributed by atoms with E-state index in [0.29, 0.717) is 29.9 Å². The van der Waals surface area contributed by atoms with Gasteiger partial charge in [0.25, 0.3) is 0 Å². The Morgan fingerprint density at radius 2 is 1.86 bits per heavy atom. The Bertz CT molecular complexity index is 901. The number of hydrogen-bond acceptors (Lipinski definition) is 7. The molecule has 0 amide bonds. The first-order valence-corrected chi connectivity index (χ1v) is 12.6. The number of benzene rings is 1. The van der Waals surface area contributed by atoms with Crippen LogP contribution in [0.3, 0.4) is 0 Å². The lowest BCUT2D eigenvalue weighted by Gasteiger charge is -2.35. The molecule has 0 spiro atoms. The average Bonchev–Trinajstić information content (AvgIpc) is 2.85. The summed E-state index contributed by atoms with van der Waals surface area (Å²) in [5.41, 5.74) is 1.14. The van der Waals surface area contributed by atoms with Crippen LogP contribution in [0.4, 0.5) is 0 Å². The number of carbonyl (C=O) groups is 2. The second kappa shape index (κ2) is 13.3. The zero-order valence-electron chi connectivity index (χ0n) is 20.9. The van der Waals surface area contributed by atoms with Gasteiger partial charge in [0.05, 0.1) is 19.8 Å². The summed E-state index contributed by atoms with van der Waals surface area (Å²) in [5, 5.41) is 10.6. The minimum Gasteiger partial charge on any atom is -0.493 e. The number of methoxy groups -OCH3 is 1. The molecule has 7 heteroatoms. The highest BCUT2D eigenvalue weighted by Gasteiger charge is 2.34. The van der Waals surface area contributed by atoms with Crippen LogP contribution in [-0.4, -0.2) is 49.1 Å². The van der Waals surface area contributed by atoms with Gasteiger partial charge in [-0.15, -0.1) is 0 Å². The minimum atomic E-state index is -0.621. The summed E-state index contributed by atoms with van der Waals surface area (Å²) in [4.78, 5) is 23.9. The quantitative estimate of drug-likeness (QED) is 0.367. The van der Waals surface area contributed by atoms with E-state index in [2.05, 4.69) is 6.58 Å². The van der Waals surface area contributed by atoms with Gasteiger partial charge in [-0.25, -0.2) is 9.59 Å². The van der Waals surface area contributed by atoms with Crippen molar-refractivity contribution < 1.29 is 33.6 Å². The van der Waals surface area contributed by atoms with E-state index in [1.165, 1.54) is 12.5 Å². The largest absolute Gasteiger partial charge is 0.493 e. The van der Waals surface area contributed by atoms with Crippen molar-refractivity contribution in [1.82, 2.24) is 0 Å². The Labute approximate surface area is 208 Å².